The van der Waals surface area contributed by atoms with Crippen molar-refractivity contribution in [2.24, 2.45) is 0 Å². The molecule has 2 rings (SSSR count). The fraction of sp³-hybridized carbons (Fsp3) is 0.357. The van der Waals surface area contributed by atoms with Crippen LogP contribution in [-0.4, -0.2) is 21.9 Å². The van der Waals surface area contributed by atoms with Crippen LogP contribution in [-0.2, 0) is 11.3 Å². The van der Waals surface area contributed by atoms with Crippen LogP contribution in [0.5, 0.6) is 0 Å². The molecule has 0 aliphatic rings. The lowest BCUT2D eigenvalue weighted by Gasteiger charge is -2.04. The maximum Gasteiger partial charge on any atom is 0.277 e. The Morgan fingerprint density at radius 1 is 1.33 bits per heavy atom. The van der Waals surface area contributed by atoms with Crippen molar-refractivity contribution in [1.29, 1.82) is 0 Å². The van der Waals surface area contributed by atoms with E-state index in [0.717, 1.165) is 5.56 Å². The van der Waals surface area contributed by atoms with E-state index in [2.05, 4.69) is 15.5 Å². The van der Waals surface area contributed by atoms with Gasteiger partial charge in [0.25, 0.3) is 5.22 Å². The van der Waals surface area contributed by atoms with Crippen molar-refractivity contribution < 1.29 is 13.6 Å². The summed E-state index contributed by atoms with van der Waals surface area (Å²) in [4.78, 5) is 11.7. The van der Waals surface area contributed by atoms with Gasteiger partial charge in [0.2, 0.25) is 11.8 Å². The van der Waals surface area contributed by atoms with Crippen LogP contribution in [0.15, 0.2) is 33.9 Å². The van der Waals surface area contributed by atoms with E-state index in [1.807, 2.05) is 13.8 Å². The van der Waals surface area contributed by atoms with Crippen molar-refractivity contribution in [2.45, 2.75) is 31.5 Å². The summed E-state index contributed by atoms with van der Waals surface area (Å²) < 4.78 is 18.1. The van der Waals surface area contributed by atoms with Gasteiger partial charge in [-0.15, -0.1) is 10.2 Å². The second kappa shape index (κ2) is 7.21. The summed E-state index contributed by atoms with van der Waals surface area (Å²) in [6, 6.07) is 6.00. The number of amides is 1. The predicted molar refractivity (Wildman–Crippen MR) is 77.4 cm³/mol. The van der Waals surface area contributed by atoms with E-state index in [1.165, 1.54) is 23.9 Å². The van der Waals surface area contributed by atoms with Gasteiger partial charge in [-0.25, -0.2) is 4.39 Å². The zero-order chi connectivity index (χ0) is 15.2. The summed E-state index contributed by atoms with van der Waals surface area (Å²) in [6.07, 6.45) is 0. The lowest BCUT2D eigenvalue weighted by atomic mass is 10.2. The normalized spacial score (nSPS) is 10.9. The molecule has 7 heteroatoms. The minimum atomic E-state index is -0.294. The van der Waals surface area contributed by atoms with Gasteiger partial charge in [0.15, 0.2) is 0 Å². The molecular formula is C14H16FN3O2S. The number of nitrogens with zero attached hydrogens (tertiary/aromatic N) is 2. The maximum absolute atomic E-state index is 12.7. The molecule has 0 atom stereocenters. The molecule has 0 spiro atoms. The fourth-order valence-electron chi connectivity index (χ4n) is 1.49. The summed E-state index contributed by atoms with van der Waals surface area (Å²) in [6.45, 7) is 4.27. The standard InChI is InChI=1S/C14H16FN3O2S/c1-9(2)13-17-18-14(20-13)21-8-12(19)16-7-10-3-5-11(15)6-4-10/h3-6,9H,7-8H2,1-2H3,(H,16,19). The predicted octanol–water partition coefficient (Wildman–Crippen LogP) is 2.74. The lowest BCUT2D eigenvalue weighted by Crippen LogP contribution is -2.24. The molecule has 0 saturated heterocycles. The number of carbonyl (C=O) groups excluding carboxylic acids is 1. The molecule has 1 N–H and O–H groups in total. The Morgan fingerprint density at radius 3 is 2.67 bits per heavy atom. The summed E-state index contributed by atoms with van der Waals surface area (Å²) in [7, 11) is 0. The highest BCUT2D eigenvalue weighted by Crippen LogP contribution is 2.19. The van der Waals surface area contributed by atoms with Crippen LogP contribution in [0.2, 0.25) is 0 Å². The zero-order valence-electron chi connectivity index (χ0n) is 11.8. The molecule has 5 nitrogen and oxygen atoms in total. The maximum atomic E-state index is 12.7. The number of hydrogen-bond donors (Lipinski definition) is 1. The van der Waals surface area contributed by atoms with Gasteiger partial charge in [-0.2, -0.15) is 0 Å². The molecule has 1 amide bonds. The number of halogens is 1. The van der Waals surface area contributed by atoms with E-state index in [9.17, 15) is 9.18 Å². The summed E-state index contributed by atoms with van der Waals surface area (Å²) >= 11 is 1.19. The molecule has 0 radical (unpaired) electrons. The molecule has 0 aliphatic carbocycles. The first-order chi connectivity index (χ1) is 10.0. The molecule has 1 aromatic carbocycles. The van der Waals surface area contributed by atoms with E-state index in [0.29, 0.717) is 17.7 Å². The van der Waals surface area contributed by atoms with Gasteiger partial charge >= 0.3 is 0 Å². The summed E-state index contributed by atoms with van der Waals surface area (Å²) in [5.74, 6) is 0.482. The fourth-order valence-corrected chi connectivity index (χ4v) is 2.09. The highest BCUT2D eigenvalue weighted by molar-refractivity contribution is 7.99. The molecular weight excluding hydrogens is 293 g/mol. The van der Waals surface area contributed by atoms with Gasteiger partial charge < -0.3 is 9.73 Å². The lowest BCUT2D eigenvalue weighted by molar-refractivity contribution is -0.118. The van der Waals surface area contributed by atoms with Gasteiger partial charge in [0, 0.05) is 12.5 Å². The van der Waals surface area contributed by atoms with Crippen LogP contribution in [0.3, 0.4) is 0 Å². The first-order valence-corrected chi connectivity index (χ1v) is 7.50. The molecule has 2 aromatic rings. The molecule has 0 unspecified atom stereocenters. The second-order valence-corrected chi connectivity index (χ2v) is 5.68. The molecule has 0 aliphatic heterocycles. The van der Waals surface area contributed by atoms with E-state index >= 15 is 0 Å². The molecule has 1 aromatic heterocycles. The Labute approximate surface area is 126 Å². The van der Waals surface area contributed by atoms with Crippen molar-refractivity contribution in [3.63, 3.8) is 0 Å². The minimum absolute atomic E-state index is 0.145. The molecule has 0 saturated carbocycles. The Kier molecular flexibility index (Phi) is 5.32. The third-order valence-electron chi connectivity index (χ3n) is 2.65. The first kappa shape index (κ1) is 15.5. The smallest absolute Gasteiger partial charge is 0.277 e. The summed E-state index contributed by atoms with van der Waals surface area (Å²) in [5.41, 5.74) is 0.842. The number of thioether (sulfide) groups is 1. The largest absolute Gasteiger partial charge is 0.416 e. The third-order valence-corrected chi connectivity index (χ3v) is 3.46. The number of aromatic nitrogens is 2. The van der Waals surface area contributed by atoms with Crippen LogP contribution < -0.4 is 5.32 Å². The highest BCUT2D eigenvalue weighted by Gasteiger charge is 2.11. The second-order valence-electron chi connectivity index (χ2n) is 4.75. The van der Waals surface area contributed by atoms with E-state index < -0.39 is 0 Å². The van der Waals surface area contributed by atoms with E-state index in [4.69, 9.17) is 4.42 Å². The summed E-state index contributed by atoms with van der Waals surface area (Å²) in [5, 5.41) is 10.9. The Balaban J connectivity index is 1.75. The van der Waals surface area contributed by atoms with Crippen molar-refractivity contribution >= 4 is 17.7 Å². The Bertz CT molecular complexity index is 599. The number of rotatable bonds is 6. The Hall–Kier alpha value is -1.89. The Morgan fingerprint density at radius 2 is 2.05 bits per heavy atom. The van der Waals surface area contributed by atoms with E-state index in [-0.39, 0.29) is 23.4 Å². The van der Waals surface area contributed by atoms with Gasteiger partial charge in [0.1, 0.15) is 5.82 Å². The quantitative estimate of drug-likeness (QED) is 0.831. The number of carbonyl (C=O) groups is 1. The topological polar surface area (TPSA) is 68.0 Å². The van der Waals surface area contributed by atoms with Crippen LogP contribution >= 0.6 is 11.8 Å². The van der Waals surface area contributed by atoms with Gasteiger partial charge in [-0.3, -0.25) is 4.79 Å². The number of benzene rings is 1. The average Bonchev–Trinajstić information content (AvgIpc) is 2.93. The first-order valence-electron chi connectivity index (χ1n) is 6.52. The average molecular weight is 309 g/mol. The highest BCUT2D eigenvalue weighted by atomic mass is 32.2. The molecule has 0 bridgehead atoms. The van der Waals surface area contributed by atoms with Crippen molar-refractivity contribution in [1.82, 2.24) is 15.5 Å². The molecule has 21 heavy (non-hydrogen) atoms. The van der Waals surface area contributed by atoms with Gasteiger partial charge in [0.05, 0.1) is 5.75 Å². The third kappa shape index (κ3) is 4.86. The molecule has 1 heterocycles. The van der Waals surface area contributed by atoms with Crippen molar-refractivity contribution in [2.75, 3.05) is 5.75 Å². The van der Waals surface area contributed by atoms with Gasteiger partial charge in [-0.1, -0.05) is 37.7 Å². The van der Waals surface area contributed by atoms with Crippen molar-refractivity contribution in [3.05, 3.63) is 41.5 Å². The molecule has 0 fully saturated rings. The number of hydrogen-bond acceptors (Lipinski definition) is 5. The van der Waals surface area contributed by atoms with E-state index in [1.54, 1.807) is 12.1 Å². The van der Waals surface area contributed by atoms with Crippen LogP contribution in [0.25, 0.3) is 0 Å². The monoisotopic (exact) mass is 309 g/mol. The van der Waals surface area contributed by atoms with Gasteiger partial charge in [-0.05, 0) is 17.7 Å². The van der Waals surface area contributed by atoms with Crippen molar-refractivity contribution in [3.8, 4) is 0 Å². The SMILES string of the molecule is CC(C)c1nnc(SCC(=O)NCc2ccc(F)cc2)o1. The van der Waals surface area contributed by atoms with Crippen LogP contribution in [0.4, 0.5) is 4.39 Å². The molecule has 112 valence electrons. The minimum Gasteiger partial charge on any atom is -0.416 e. The number of nitrogens with one attached hydrogen (secondary N) is 1. The van der Waals surface area contributed by atoms with Crippen LogP contribution in [0.1, 0.15) is 31.2 Å². The van der Waals surface area contributed by atoms with Crippen LogP contribution in [0, 0.1) is 5.82 Å². The zero-order valence-corrected chi connectivity index (χ0v) is 12.6.